The molecule has 0 unspecified atom stereocenters. The normalized spacial score (nSPS) is 25.6. The minimum Gasteiger partial charge on any atom is -0.368 e. The first-order chi connectivity index (χ1) is 5.75. The first-order valence-corrected chi connectivity index (χ1v) is 4.79. The molecule has 1 heterocycles. The molecule has 1 aliphatic heterocycles. The summed E-state index contributed by atoms with van der Waals surface area (Å²) >= 11 is 0. The molecule has 0 radical (unpaired) electrons. The summed E-state index contributed by atoms with van der Waals surface area (Å²) in [6, 6.07) is 0.0127. The highest BCUT2D eigenvalue weighted by atomic mass is 16.1. The maximum absolute atomic E-state index is 11.0. The second-order valence-corrected chi connectivity index (χ2v) is 3.45. The zero-order valence-corrected chi connectivity index (χ0v) is 7.75. The lowest BCUT2D eigenvalue weighted by Crippen LogP contribution is -2.47. The number of carbonyl (C=O) groups is 1. The minimum atomic E-state index is -0.150. The number of likely N-dealkylation sites (tertiary alicyclic amines) is 1. The Kier molecular flexibility index (Phi) is 3.53. The number of hydrogen-bond acceptors (Lipinski definition) is 2. The molecule has 0 bridgehead atoms. The number of rotatable bonds is 3. The summed E-state index contributed by atoms with van der Waals surface area (Å²) in [6.07, 6.45) is 4.41. The van der Waals surface area contributed by atoms with E-state index < -0.39 is 0 Å². The van der Waals surface area contributed by atoms with Crippen molar-refractivity contribution in [1.82, 2.24) is 4.90 Å². The van der Waals surface area contributed by atoms with E-state index in [2.05, 4.69) is 11.8 Å². The summed E-state index contributed by atoms with van der Waals surface area (Å²) in [5, 5.41) is 0. The molecular formula is C9H18N2O. The van der Waals surface area contributed by atoms with Crippen LogP contribution in [-0.4, -0.2) is 29.9 Å². The summed E-state index contributed by atoms with van der Waals surface area (Å²) in [5.74, 6) is -0.150. The summed E-state index contributed by atoms with van der Waals surface area (Å²) in [6.45, 7) is 4.18. The van der Waals surface area contributed by atoms with E-state index in [0.29, 0.717) is 0 Å². The highest BCUT2D eigenvalue weighted by molar-refractivity contribution is 5.79. The van der Waals surface area contributed by atoms with E-state index in [-0.39, 0.29) is 11.9 Å². The predicted molar refractivity (Wildman–Crippen MR) is 48.7 cm³/mol. The number of piperidine rings is 1. The summed E-state index contributed by atoms with van der Waals surface area (Å²) in [5.41, 5.74) is 5.31. The van der Waals surface area contributed by atoms with Gasteiger partial charge in [-0.05, 0) is 32.4 Å². The van der Waals surface area contributed by atoms with Crippen molar-refractivity contribution in [1.29, 1.82) is 0 Å². The van der Waals surface area contributed by atoms with Gasteiger partial charge in [0.05, 0.1) is 6.04 Å². The average molecular weight is 170 g/mol. The van der Waals surface area contributed by atoms with E-state index in [9.17, 15) is 4.79 Å². The summed E-state index contributed by atoms with van der Waals surface area (Å²) in [7, 11) is 0. The third-order valence-electron chi connectivity index (χ3n) is 2.45. The number of nitrogens with two attached hydrogens (primary N) is 1. The molecule has 1 amide bonds. The third kappa shape index (κ3) is 2.21. The molecule has 1 fully saturated rings. The Labute approximate surface area is 73.9 Å². The molecule has 0 aromatic carbocycles. The average Bonchev–Trinajstić information content (AvgIpc) is 2.05. The zero-order valence-electron chi connectivity index (χ0n) is 7.75. The Morgan fingerprint density at radius 2 is 2.33 bits per heavy atom. The molecule has 12 heavy (non-hydrogen) atoms. The first kappa shape index (κ1) is 9.52. The van der Waals surface area contributed by atoms with Crippen LogP contribution in [0.1, 0.15) is 32.6 Å². The fraction of sp³-hybridized carbons (Fsp3) is 0.889. The molecule has 0 saturated carbocycles. The van der Waals surface area contributed by atoms with Gasteiger partial charge in [-0.25, -0.2) is 0 Å². The van der Waals surface area contributed by atoms with E-state index in [1.807, 2.05) is 0 Å². The molecule has 2 N–H and O–H groups in total. The fourth-order valence-corrected chi connectivity index (χ4v) is 1.87. The largest absolute Gasteiger partial charge is 0.368 e. The van der Waals surface area contributed by atoms with Crippen molar-refractivity contribution in [3.63, 3.8) is 0 Å². The van der Waals surface area contributed by atoms with Gasteiger partial charge in [0.25, 0.3) is 0 Å². The van der Waals surface area contributed by atoms with Gasteiger partial charge in [0, 0.05) is 0 Å². The molecule has 0 aromatic heterocycles. The molecule has 3 nitrogen and oxygen atoms in total. The summed E-state index contributed by atoms with van der Waals surface area (Å²) in [4.78, 5) is 13.2. The maximum atomic E-state index is 11.0. The Morgan fingerprint density at radius 3 is 2.92 bits per heavy atom. The topological polar surface area (TPSA) is 46.3 Å². The molecule has 0 aromatic rings. The van der Waals surface area contributed by atoms with E-state index in [1.165, 1.54) is 6.42 Å². The van der Waals surface area contributed by atoms with Crippen LogP contribution < -0.4 is 5.73 Å². The Morgan fingerprint density at radius 1 is 1.58 bits per heavy atom. The van der Waals surface area contributed by atoms with E-state index in [0.717, 1.165) is 32.4 Å². The van der Waals surface area contributed by atoms with Crippen LogP contribution in [0.25, 0.3) is 0 Å². The molecule has 0 spiro atoms. The molecule has 1 saturated heterocycles. The molecule has 1 aliphatic rings. The third-order valence-corrected chi connectivity index (χ3v) is 2.45. The Hall–Kier alpha value is -0.570. The van der Waals surface area contributed by atoms with Crippen LogP contribution in [0, 0.1) is 0 Å². The van der Waals surface area contributed by atoms with Crippen molar-refractivity contribution in [2.45, 2.75) is 38.6 Å². The van der Waals surface area contributed by atoms with Gasteiger partial charge in [-0.3, -0.25) is 9.69 Å². The Bertz CT molecular complexity index is 157. The van der Waals surface area contributed by atoms with Crippen molar-refractivity contribution < 1.29 is 4.79 Å². The smallest absolute Gasteiger partial charge is 0.234 e. The van der Waals surface area contributed by atoms with Crippen molar-refractivity contribution in [3.05, 3.63) is 0 Å². The lowest BCUT2D eigenvalue weighted by Gasteiger charge is -2.33. The fourth-order valence-electron chi connectivity index (χ4n) is 1.87. The van der Waals surface area contributed by atoms with Gasteiger partial charge in [0.15, 0.2) is 0 Å². The molecule has 0 aliphatic carbocycles. The van der Waals surface area contributed by atoms with Crippen LogP contribution in [-0.2, 0) is 4.79 Å². The highest BCUT2D eigenvalue weighted by Gasteiger charge is 2.25. The maximum Gasteiger partial charge on any atom is 0.234 e. The van der Waals surface area contributed by atoms with Gasteiger partial charge in [0.2, 0.25) is 5.91 Å². The van der Waals surface area contributed by atoms with E-state index in [1.54, 1.807) is 0 Å². The second kappa shape index (κ2) is 4.45. The SMILES string of the molecule is CCCN1CCCC[C@H]1C(N)=O. The lowest BCUT2D eigenvalue weighted by molar-refractivity contribution is -0.124. The Balaban J connectivity index is 2.48. The predicted octanol–water partition coefficient (Wildman–Crippen LogP) is 0.736. The highest BCUT2D eigenvalue weighted by Crippen LogP contribution is 2.16. The van der Waals surface area contributed by atoms with E-state index >= 15 is 0 Å². The van der Waals surface area contributed by atoms with Crippen LogP contribution in [0.3, 0.4) is 0 Å². The van der Waals surface area contributed by atoms with Crippen molar-refractivity contribution in [2.75, 3.05) is 13.1 Å². The van der Waals surface area contributed by atoms with E-state index in [4.69, 9.17) is 5.73 Å². The van der Waals surface area contributed by atoms with Gasteiger partial charge in [-0.2, -0.15) is 0 Å². The van der Waals surface area contributed by atoms with Crippen LogP contribution in [0.5, 0.6) is 0 Å². The number of primary amides is 1. The van der Waals surface area contributed by atoms with Gasteiger partial charge in [-0.1, -0.05) is 13.3 Å². The number of nitrogens with zero attached hydrogens (tertiary/aromatic N) is 1. The standard InChI is InChI=1S/C9H18N2O/c1-2-6-11-7-4-3-5-8(11)9(10)12/h8H,2-7H2,1H3,(H2,10,12)/t8-/m0/s1. The van der Waals surface area contributed by atoms with Gasteiger partial charge in [0.1, 0.15) is 0 Å². The molecule has 70 valence electrons. The van der Waals surface area contributed by atoms with Gasteiger partial charge in [-0.15, -0.1) is 0 Å². The van der Waals surface area contributed by atoms with Crippen molar-refractivity contribution >= 4 is 5.91 Å². The number of carbonyl (C=O) groups excluding carboxylic acids is 1. The number of hydrogen-bond donors (Lipinski definition) is 1. The van der Waals surface area contributed by atoms with Crippen LogP contribution >= 0.6 is 0 Å². The second-order valence-electron chi connectivity index (χ2n) is 3.45. The van der Waals surface area contributed by atoms with Crippen LogP contribution in [0.4, 0.5) is 0 Å². The molecule has 1 atom stereocenters. The van der Waals surface area contributed by atoms with Gasteiger partial charge >= 0.3 is 0 Å². The molecule has 1 rings (SSSR count). The zero-order chi connectivity index (χ0) is 8.97. The molecular weight excluding hydrogens is 152 g/mol. The van der Waals surface area contributed by atoms with Gasteiger partial charge < -0.3 is 5.73 Å². The first-order valence-electron chi connectivity index (χ1n) is 4.79. The monoisotopic (exact) mass is 170 g/mol. The van der Waals surface area contributed by atoms with Crippen molar-refractivity contribution in [2.24, 2.45) is 5.73 Å². The van der Waals surface area contributed by atoms with Crippen LogP contribution in [0.2, 0.25) is 0 Å². The van der Waals surface area contributed by atoms with Crippen molar-refractivity contribution in [3.8, 4) is 0 Å². The minimum absolute atomic E-state index is 0.0127. The quantitative estimate of drug-likeness (QED) is 0.679. The lowest BCUT2D eigenvalue weighted by atomic mass is 10.0. The number of amides is 1. The molecule has 3 heteroatoms. The van der Waals surface area contributed by atoms with Crippen LogP contribution in [0.15, 0.2) is 0 Å². The summed E-state index contributed by atoms with van der Waals surface area (Å²) < 4.78 is 0.